The topological polar surface area (TPSA) is 63.4 Å². The van der Waals surface area contributed by atoms with Crippen LogP contribution >= 0.6 is 0 Å². The van der Waals surface area contributed by atoms with Gasteiger partial charge in [0.2, 0.25) is 0 Å². The average Bonchev–Trinajstić information content (AvgIpc) is 2.64. The third-order valence-electron chi connectivity index (χ3n) is 3.42. The van der Waals surface area contributed by atoms with Gasteiger partial charge in [0, 0.05) is 5.69 Å². The summed E-state index contributed by atoms with van der Waals surface area (Å²) in [7, 11) is 0. The number of amides is 2. The van der Waals surface area contributed by atoms with Gasteiger partial charge in [0.05, 0.1) is 17.7 Å². The summed E-state index contributed by atoms with van der Waals surface area (Å²) in [6.45, 7) is 2.26. The summed E-state index contributed by atoms with van der Waals surface area (Å²) < 4.78 is 0. The van der Waals surface area contributed by atoms with Crippen LogP contribution in [0, 0.1) is 6.92 Å². The van der Waals surface area contributed by atoms with Crippen molar-refractivity contribution in [2.75, 3.05) is 5.73 Å². The van der Waals surface area contributed by atoms with Crippen LogP contribution in [0.25, 0.3) is 0 Å². The van der Waals surface area contributed by atoms with E-state index in [4.69, 9.17) is 5.73 Å². The Hall–Kier alpha value is -2.62. The van der Waals surface area contributed by atoms with E-state index in [0.717, 1.165) is 11.1 Å². The lowest BCUT2D eigenvalue weighted by Gasteiger charge is -2.14. The van der Waals surface area contributed by atoms with E-state index in [1.165, 1.54) is 4.90 Å². The molecule has 0 fully saturated rings. The van der Waals surface area contributed by atoms with E-state index in [1.807, 2.05) is 31.2 Å². The number of aryl methyl sites for hydroxylation is 1. The molecule has 0 unspecified atom stereocenters. The van der Waals surface area contributed by atoms with Crippen LogP contribution in [-0.4, -0.2) is 16.7 Å². The largest absolute Gasteiger partial charge is 0.399 e. The predicted octanol–water partition coefficient (Wildman–Crippen LogP) is 2.37. The van der Waals surface area contributed by atoms with Crippen molar-refractivity contribution in [3.05, 3.63) is 64.7 Å². The lowest BCUT2D eigenvalue weighted by atomic mass is 10.1. The van der Waals surface area contributed by atoms with Crippen molar-refractivity contribution in [3.8, 4) is 0 Å². The molecule has 0 atom stereocenters. The number of anilines is 1. The standard InChI is InChI=1S/C16H14N2O2/c1-10-3-2-4-11(7-10)9-18-15(19)13-6-5-12(17)8-14(13)16(18)20/h2-8H,9,17H2,1H3. The van der Waals surface area contributed by atoms with Crippen LogP contribution in [0.4, 0.5) is 5.69 Å². The van der Waals surface area contributed by atoms with Crippen LogP contribution in [0.5, 0.6) is 0 Å². The molecule has 4 nitrogen and oxygen atoms in total. The fourth-order valence-electron chi connectivity index (χ4n) is 2.45. The number of hydrogen-bond acceptors (Lipinski definition) is 3. The molecular formula is C16H14N2O2. The van der Waals surface area contributed by atoms with Crippen LogP contribution in [0.15, 0.2) is 42.5 Å². The molecule has 3 rings (SSSR count). The molecule has 1 aliphatic heterocycles. The molecule has 2 aromatic rings. The van der Waals surface area contributed by atoms with Gasteiger partial charge >= 0.3 is 0 Å². The molecule has 0 radical (unpaired) electrons. The highest BCUT2D eigenvalue weighted by atomic mass is 16.2. The third kappa shape index (κ3) is 1.95. The van der Waals surface area contributed by atoms with Gasteiger partial charge in [0.25, 0.3) is 11.8 Å². The first-order valence-corrected chi connectivity index (χ1v) is 6.37. The smallest absolute Gasteiger partial charge is 0.261 e. The summed E-state index contributed by atoms with van der Waals surface area (Å²) in [6, 6.07) is 12.6. The van der Waals surface area contributed by atoms with Gasteiger partial charge in [-0.05, 0) is 30.7 Å². The second kappa shape index (κ2) is 4.49. The summed E-state index contributed by atoms with van der Waals surface area (Å²) in [5.74, 6) is -0.537. The molecule has 2 aromatic carbocycles. The van der Waals surface area contributed by atoms with E-state index in [1.54, 1.807) is 18.2 Å². The van der Waals surface area contributed by atoms with Crippen LogP contribution in [0.1, 0.15) is 31.8 Å². The summed E-state index contributed by atoms with van der Waals surface area (Å²) in [5.41, 5.74) is 9.02. The highest BCUT2D eigenvalue weighted by Gasteiger charge is 2.35. The third-order valence-corrected chi connectivity index (χ3v) is 3.42. The lowest BCUT2D eigenvalue weighted by molar-refractivity contribution is 0.0642. The van der Waals surface area contributed by atoms with Crippen molar-refractivity contribution in [1.29, 1.82) is 0 Å². The second-order valence-electron chi connectivity index (χ2n) is 4.99. The number of carbonyl (C=O) groups excluding carboxylic acids is 2. The van der Waals surface area contributed by atoms with Crippen LogP contribution in [0.3, 0.4) is 0 Å². The molecule has 0 bridgehead atoms. The molecule has 0 aliphatic carbocycles. The van der Waals surface area contributed by atoms with Gasteiger partial charge < -0.3 is 5.73 Å². The Labute approximate surface area is 116 Å². The van der Waals surface area contributed by atoms with Crippen molar-refractivity contribution in [3.63, 3.8) is 0 Å². The fourth-order valence-corrected chi connectivity index (χ4v) is 2.45. The van der Waals surface area contributed by atoms with E-state index in [2.05, 4.69) is 0 Å². The molecule has 100 valence electrons. The molecule has 0 saturated heterocycles. The minimum atomic E-state index is -0.279. The van der Waals surface area contributed by atoms with Gasteiger partial charge in [-0.25, -0.2) is 0 Å². The van der Waals surface area contributed by atoms with Gasteiger partial charge in [-0.15, -0.1) is 0 Å². The lowest BCUT2D eigenvalue weighted by Crippen LogP contribution is -2.29. The van der Waals surface area contributed by atoms with Gasteiger partial charge in [0.1, 0.15) is 0 Å². The normalized spacial score (nSPS) is 13.8. The Morgan fingerprint density at radius 2 is 1.75 bits per heavy atom. The number of nitrogen functional groups attached to an aromatic ring is 1. The molecule has 1 aliphatic rings. The SMILES string of the molecule is Cc1cccc(CN2C(=O)c3ccc(N)cc3C2=O)c1. The van der Waals surface area contributed by atoms with Gasteiger partial charge in [-0.1, -0.05) is 29.8 Å². The van der Waals surface area contributed by atoms with Crippen LogP contribution < -0.4 is 5.73 Å². The van der Waals surface area contributed by atoms with Crippen molar-refractivity contribution >= 4 is 17.5 Å². The Bertz CT molecular complexity index is 722. The Morgan fingerprint density at radius 1 is 1.00 bits per heavy atom. The van der Waals surface area contributed by atoms with E-state index >= 15 is 0 Å². The second-order valence-corrected chi connectivity index (χ2v) is 4.99. The van der Waals surface area contributed by atoms with E-state index in [0.29, 0.717) is 16.8 Å². The maximum atomic E-state index is 12.3. The van der Waals surface area contributed by atoms with Crippen molar-refractivity contribution in [2.45, 2.75) is 13.5 Å². The number of nitrogens with two attached hydrogens (primary N) is 1. The predicted molar refractivity (Wildman–Crippen MR) is 76.2 cm³/mol. The Kier molecular flexibility index (Phi) is 2.79. The monoisotopic (exact) mass is 266 g/mol. The molecular weight excluding hydrogens is 252 g/mol. The molecule has 0 aromatic heterocycles. The highest BCUT2D eigenvalue weighted by Crippen LogP contribution is 2.26. The molecule has 1 heterocycles. The molecule has 2 N–H and O–H groups in total. The maximum Gasteiger partial charge on any atom is 0.261 e. The first-order valence-electron chi connectivity index (χ1n) is 6.37. The van der Waals surface area contributed by atoms with Crippen molar-refractivity contribution < 1.29 is 9.59 Å². The summed E-state index contributed by atoms with van der Waals surface area (Å²) in [5, 5.41) is 0. The first kappa shape index (κ1) is 12.4. The maximum absolute atomic E-state index is 12.3. The molecule has 4 heteroatoms. The molecule has 2 amide bonds. The number of carbonyl (C=O) groups is 2. The van der Waals surface area contributed by atoms with Crippen molar-refractivity contribution in [1.82, 2.24) is 4.90 Å². The minimum absolute atomic E-state index is 0.258. The Morgan fingerprint density at radius 3 is 2.50 bits per heavy atom. The van der Waals surface area contributed by atoms with Gasteiger partial charge in [-0.2, -0.15) is 0 Å². The minimum Gasteiger partial charge on any atom is -0.399 e. The quantitative estimate of drug-likeness (QED) is 0.670. The Balaban J connectivity index is 1.94. The number of rotatable bonds is 2. The number of nitrogens with zero attached hydrogens (tertiary/aromatic N) is 1. The zero-order valence-electron chi connectivity index (χ0n) is 11.1. The summed E-state index contributed by atoms with van der Waals surface area (Å²) in [4.78, 5) is 25.8. The van der Waals surface area contributed by atoms with E-state index < -0.39 is 0 Å². The van der Waals surface area contributed by atoms with Crippen molar-refractivity contribution in [2.24, 2.45) is 0 Å². The fraction of sp³-hybridized carbons (Fsp3) is 0.125. The number of fused-ring (bicyclic) bond motifs is 1. The van der Waals surface area contributed by atoms with E-state index in [-0.39, 0.29) is 18.4 Å². The number of benzene rings is 2. The number of imide groups is 1. The van der Waals surface area contributed by atoms with E-state index in [9.17, 15) is 9.59 Å². The molecule has 0 spiro atoms. The van der Waals surface area contributed by atoms with Crippen LogP contribution in [0.2, 0.25) is 0 Å². The highest BCUT2D eigenvalue weighted by molar-refractivity contribution is 6.21. The van der Waals surface area contributed by atoms with Crippen LogP contribution in [-0.2, 0) is 6.54 Å². The number of hydrogen-bond donors (Lipinski definition) is 1. The summed E-state index contributed by atoms with van der Waals surface area (Å²) in [6.07, 6.45) is 0. The zero-order valence-corrected chi connectivity index (χ0v) is 11.1. The van der Waals surface area contributed by atoms with Gasteiger partial charge in [0.15, 0.2) is 0 Å². The first-order chi connectivity index (χ1) is 9.56. The zero-order chi connectivity index (χ0) is 14.3. The molecule has 0 saturated carbocycles. The van der Waals surface area contributed by atoms with Gasteiger partial charge in [-0.3, -0.25) is 14.5 Å². The average molecular weight is 266 g/mol. The molecule has 20 heavy (non-hydrogen) atoms. The summed E-state index contributed by atoms with van der Waals surface area (Å²) >= 11 is 0.